The Balaban J connectivity index is 1.40. The van der Waals surface area contributed by atoms with E-state index < -0.39 is 0 Å². The minimum atomic E-state index is -0.344. The van der Waals surface area contributed by atoms with E-state index in [4.69, 9.17) is 0 Å². The molecule has 0 radical (unpaired) electrons. The van der Waals surface area contributed by atoms with Gasteiger partial charge in [-0.05, 0) is 55.3 Å². The fraction of sp³-hybridized carbons (Fsp3) is 0.786. The lowest BCUT2D eigenvalue weighted by molar-refractivity contribution is 0.0321. The first kappa shape index (κ1) is 20.6. The molecule has 1 aromatic rings. The number of aromatic nitrogens is 3. The number of hydrogen-bond acceptors (Lipinski definition) is 2. The molecule has 4 bridgehead atoms. The summed E-state index contributed by atoms with van der Waals surface area (Å²) in [6.07, 6.45) is 20.1. The van der Waals surface area contributed by atoms with Crippen molar-refractivity contribution in [2.45, 2.75) is 109 Å². The monoisotopic (exact) mass is 449 g/mol. The molecule has 0 aromatic carbocycles. The lowest BCUT2D eigenvalue weighted by Crippen LogP contribution is -2.62. The molecule has 5 aliphatic carbocycles. The largest absolute Gasteiger partial charge is 0.348 e. The average Bonchev–Trinajstić information content (AvgIpc) is 3.22. The van der Waals surface area contributed by atoms with Crippen LogP contribution in [0, 0.1) is 28.6 Å². The Labute approximate surface area is 196 Å². The highest BCUT2D eigenvalue weighted by molar-refractivity contribution is 5.38. The first-order valence-electron chi connectivity index (χ1n) is 13.7. The van der Waals surface area contributed by atoms with Gasteiger partial charge in [0.1, 0.15) is 0 Å². The number of nitrogens with zero attached hydrogens (tertiary/aromatic N) is 3. The summed E-state index contributed by atoms with van der Waals surface area (Å²) in [5.41, 5.74) is 1.33. The van der Waals surface area contributed by atoms with Crippen LogP contribution in [0.3, 0.4) is 0 Å². The van der Waals surface area contributed by atoms with E-state index in [0.29, 0.717) is 17.8 Å². The zero-order valence-corrected chi connectivity index (χ0v) is 20.6. The Kier molecular flexibility index (Phi) is 4.03. The van der Waals surface area contributed by atoms with Crippen LogP contribution >= 0.6 is 0 Å². The van der Waals surface area contributed by atoms with Crippen LogP contribution in [0.15, 0.2) is 33.4 Å². The summed E-state index contributed by atoms with van der Waals surface area (Å²) in [6.45, 7) is 7.08. The maximum absolute atomic E-state index is 14.3. The van der Waals surface area contributed by atoms with E-state index in [0.717, 1.165) is 25.7 Å². The van der Waals surface area contributed by atoms with Crippen molar-refractivity contribution in [3.63, 3.8) is 0 Å². The van der Waals surface area contributed by atoms with E-state index in [1.165, 1.54) is 44.9 Å². The summed E-state index contributed by atoms with van der Waals surface area (Å²) < 4.78 is 5.62. The second-order valence-corrected chi connectivity index (χ2v) is 13.0. The molecule has 5 nitrogen and oxygen atoms in total. The molecule has 7 aliphatic rings. The maximum atomic E-state index is 14.3. The second kappa shape index (κ2) is 6.46. The van der Waals surface area contributed by atoms with Crippen LogP contribution in [0.2, 0.25) is 0 Å². The molecule has 0 N–H and O–H groups in total. The molecule has 0 amide bonds. The van der Waals surface area contributed by atoms with Crippen molar-refractivity contribution in [3.05, 3.63) is 44.8 Å². The number of rotatable bonds is 1. The Morgan fingerprint density at radius 3 is 2.42 bits per heavy atom. The molecule has 3 fully saturated rings. The van der Waals surface area contributed by atoms with Crippen LogP contribution < -0.4 is 11.4 Å². The van der Waals surface area contributed by atoms with E-state index in [1.54, 1.807) is 10.1 Å². The standard InChI is InChI=1S/C28H39N3O2/c1-26(2)19-11-14-27(26,3)22(17-19)29-24(32)30-21-12-15-28(31(30)25(29)33)13-9-7-5-4-6-8-10-18-16-20(21)23(18)28/h12,15-16,19-23H,4-11,13-14,17H2,1-3H3. The fourth-order valence-corrected chi connectivity index (χ4v) is 9.43. The van der Waals surface area contributed by atoms with Gasteiger partial charge in [0.2, 0.25) is 0 Å². The third-order valence-corrected chi connectivity index (χ3v) is 11.7. The first-order valence-corrected chi connectivity index (χ1v) is 13.7. The normalized spacial score (nSPS) is 44.6. The van der Waals surface area contributed by atoms with Crippen molar-refractivity contribution in [1.82, 2.24) is 13.9 Å². The minimum Gasteiger partial charge on any atom is -0.246 e. The topological polar surface area (TPSA) is 48.9 Å². The molecular weight excluding hydrogens is 410 g/mol. The van der Waals surface area contributed by atoms with Crippen LogP contribution in [0.5, 0.6) is 0 Å². The highest BCUT2D eigenvalue weighted by atomic mass is 16.2. The van der Waals surface area contributed by atoms with Crippen molar-refractivity contribution in [2.75, 3.05) is 0 Å². The highest BCUT2D eigenvalue weighted by Gasteiger charge is 2.64. The molecule has 3 saturated carbocycles. The third kappa shape index (κ3) is 2.26. The maximum Gasteiger partial charge on any atom is 0.348 e. The predicted octanol–water partition coefficient (Wildman–Crippen LogP) is 5.33. The minimum absolute atomic E-state index is 0.00612. The van der Waals surface area contributed by atoms with Gasteiger partial charge in [-0.2, -0.15) is 0 Å². The zero-order valence-electron chi connectivity index (χ0n) is 20.6. The van der Waals surface area contributed by atoms with Crippen molar-refractivity contribution in [1.29, 1.82) is 0 Å². The third-order valence-electron chi connectivity index (χ3n) is 11.7. The van der Waals surface area contributed by atoms with Crippen molar-refractivity contribution in [3.8, 4) is 0 Å². The molecule has 3 heterocycles. The van der Waals surface area contributed by atoms with Crippen LogP contribution in [-0.2, 0) is 5.54 Å². The SMILES string of the molecule is CC1(C)C2CCC1(C)C(n1c(=O)n3n(c1=O)C14C=CC3C3C=C(CCCCCCCC1)C34)C2. The Morgan fingerprint density at radius 1 is 0.939 bits per heavy atom. The Hall–Kier alpha value is -1.78. The van der Waals surface area contributed by atoms with Gasteiger partial charge in [0, 0.05) is 17.9 Å². The van der Waals surface area contributed by atoms with Crippen molar-refractivity contribution >= 4 is 0 Å². The summed E-state index contributed by atoms with van der Waals surface area (Å²) in [5, 5.41) is 0. The van der Waals surface area contributed by atoms with Crippen molar-refractivity contribution < 1.29 is 0 Å². The molecule has 5 heteroatoms. The van der Waals surface area contributed by atoms with E-state index in [2.05, 4.69) is 39.0 Å². The number of allylic oxidation sites excluding steroid dienone is 4. The van der Waals surface area contributed by atoms with Gasteiger partial charge >= 0.3 is 11.4 Å². The molecule has 0 saturated heterocycles. The van der Waals surface area contributed by atoms with Gasteiger partial charge in [0.25, 0.3) is 0 Å². The molecule has 7 atom stereocenters. The highest BCUT2D eigenvalue weighted by Crippen LogP contribution is 2.69. The van der Waals surface area contributed by atoms with Crippen molar-refractivity contribution in [2.24, 2.45) is 28.6 Å². The lowest BCUT2D eigenvalue weighted by atomic mass is 9.55. The van der Waals surface area contributed by atoms with E-state index >= 15 is 0 Å². The molecule has 7 unspecified atom stereocenters. The van der Waals surface area contributed by atoms with Gasteiger partial charge in [-0.15, -0.1) is 0 Å². The first-order chi connectivity index (χ1) is 15.8. The smallest absolute Gasteiger partial charge is 0.246 e. The summed E-state index contributed by atoms with van der Waals surface area (Å²) in [6, 6.07) is 0.0343. The van der Waals surface area contributed by atoms with Gasteiger partial charge in [-0.25, -0.2) is 23.5 Å². The lowest BCUT2D eigenvalue weighted by Gasteiger charge is -2.58. The molecule has 178 valence electrons. The van der Waals surface area contributed by atoms with Gasteiger partial charge in [-0.3, -0.25) is 0 Å². The Bertz CT molecular complexity index is 1190. The summed E-state index contributed by atoms with van der Waals surface area (Å²) >= 11 is 0. The summed E-state index contributed by atoms with van der Waals surface area (Å²) in [4.78, 5) is 28.3. The van der Waals surface area contributed by atoms with Gasteiger partial charge < -0.3 is 0 Å². The number of fused-ring (bicyclic) bond motifs is 2. The van der Waals surface area contributed by atoms with E-state index in [1.807, 2.05) is 9.36 Å². The molecule has 1 aromatic heterocycles. The molecular formula is C28H39N3O2. The van der Waals surface area contributed by atoms with E-state index in [9.17, 15) is 9.59 Å². The molecule has 2 aliphatic heterocycles. The second-order valence-electron chi connectivity index (χ2n) is 13.0. The van der Waals surface area contributed by atoms with E-state index in [-0.39, 0.29) is 39.8 Å². The van der Waals surface area contributed by atoms with Crippen LogP contribution in [0.4, 0.5) is 0 Å². The summed E-state index contributed by atoms with van der Waals surface area (Å²) in [5.74, 6) is 1.40. The fourth-order valence-electron chi connectivity index (χ4n) is 9.43. The zero-order chi connectivity index (χ0) is 22.8. The number of hydrogen-bond donors (Lipinski definition) is 0. The Morgan fingerprint density at radius 2 is 1.70 bits per heavy atom. The van der Waals surface area contributed by atoms with Gasteiger partial charge in [-0.1, -0.05) is 76.7 Å². The van der Waals surface area contributed by atoms with Crippen LogP contribution in [-0.4, -0.2) is 13.9 Å². The summed E-state index contributed by atoms with van der Waals surface area (Å²) in [7, 11) is 0. The predicted molar refractivity (Wildman–Crippen MR) is 129 cm³/mol. The quantitative estimate of drug-likeness (QED) is 0.545. The van der Waals surface area contributed by atoms with Gasteiger partial charge in [0.15, 0.2) is 0 Å². The van der Waals surface area contributed by atoms with Gasteiger partial charge in [0.05, 0.1) is 11.6 Å². The average molecular weight is 450 g/mol. The molecule has 33 heavy (non-hydrogen) atoms. The molecule has 8 rings (SSSR count). The molecule has 1 spiro atoms. The van der Waals surface area contributed by atoms with Crippen LogP contribution in [0.25, 0.3) is 0 Å². The van der Waals surface area contributed by atoms with Crippen LogP contribution in [0.1, 0.15) is 103 Å².